The first-order chi connectivity index (χ1) is 69.5. The minimum atomic E-state index is -0.194. The molecule has 0 saturated heterocycles. The number of tetrazole rings is 1. The fraction of sp³-hybridized carbons (Fsp3) is 0.412. The van der Waals surface area contributed by atoms with Gasteiger partial charge in [0, 0.05) is 145 Å². The number of carbonyl (C=O) groups is 4. The van der Waals surface area contributed by atoms with Crippen molar-refractivity contribution in [3.05, 3.63) is 341 Å². The molecule has 0 saturated carbocycles. The summed E-state index contributed by atoms with van der Waals surface area (Å²) in [6.07, 6.45) is 9.61. The third kappa shape index (κ3) is 51.3. The Morgan fingerprint density at radius 1 is 0.284 bits per heavy atom. The van der Waals surface area contributed by atoms with Gasteiger partial charge in [-0.15, -0.1) is 15.0 Å². The van der Waals surface area contributed by atoms with Crippen molar-refractivity contribution in [2.45, 2.75) is 194 Å². The van der Waals surface area contributed by atoms with Gasteiger partial charge in [0.15, 0.2) is 29.5 Å². The number of aromatic nitrogens is 10. The monoisotopic (exact) mass is 2180 g/mol. The largest absolute Gasteiger partial charge is 0.381 e. The number of ketones is 4. The molecule has 0 spiro atoms. The van der Waals surface area contributed by atoms with E-state index < -0.39 is 0 Å². The van der Waals surface area contributed by atoms with E-state index in [0.29, 0.717) is 128 Å². The van der Waals surface area contributed by atoms with Crippen molar-refractivity contribution in [1.82, 2.24) is 49.1 Å². The topological polar surface area (TPSA) is 230 Å². The second kappa shape index (κ2) is 65.4. The number of hydrogen-bond donors (Lipinski definition) is 0. The molecule has 14 rings (SSSR count). The van der Waals surface area contributed by atoms with Crippen LogP contribution in [0, 0.1) is 37.9 Å². The molecule has 0 N–H and O–H groups in total. The Hall–Kier alpha value is -9.86. The van der Waals surface area contributed by atoms with Crippen LogP contribution in [0.15, 0.2) is 256 Å². The molecule has 0 atom stereocenters. The van der Waals surface area contributed by atoms with Gasteiger partial charge < -0.3 is 42.3 Å². The highest BCUT2D eigenvalue weighted by Gasteiger charge is 2.22. The quantitative estimate of drug-likeness (QED) is 0.0459. The van der Waals surface area contributed by atoms with Gasteiger partial charge in [-0.2, -0.15) is 5.10 Å². The van der Waals surface area contributed by atoms with Gasteiger partial charge in [-0.3, -0.25) is 19.2 Å². The van der Waals surface area contributed by atoms with Crippen molar-refractivity contribution < 1.29 is 52.3 Å². The van der Waals surface area contributed by atoms with Crippen LogP contribution in [0.25, 0.3) is 44.6 Å². The maximum atomic E-state index is 12.9. The highest BCUT2D eigenvalue weighted by atomic mass is 35.5. The van der Waals surface area contributed by atoms with Gasteiger partial charge in [0.1, 0.15) is 12.7 Å². The molecular weight excluding hydrogens is 2030 g/mol. The normalized spacial score (nSPS) is 11.2. The Bertz CT molecular complexity index is 5640. The molecule has 0 unspecified atom stereocenters. The molecule has 802 valence electrons. The zero-order valence-corrected chi connectivity index (χ0v) is 97.7. The zero-order valence-electron chi connectivity index (χ0n) is 91.6. The summed E-state index contributed by atoms with van der Waals surface area (Å²) < 4.78 is 42.1. The summed E-state index contributed by atoms with van der Waals surface area (Å²) in [6, 6.07) is 64.7. The number of para-hydroxylation sites is 2. The van der Waals surface area contributed by atoms with E-state index in [9.17, 15) is 19.2 Å². The number of fused-ring (bicyclic) bond motifs is 3. The van der Waals surface area contributed by atoms with Crippen molar-refractivity contribution in [3.8, 4) is 22.7 Å². The van der Waals surface area contributed by atoms with E-state index in [0.717, 1.165) is 121 Å². The molecule has 10 aromatic carbocycles. The molecule has 148 heavy (non-hydrogen) atoms. The molecule has 0 aliphatic carbocycles. The van der Waals surface area contributed by atoms with Crippen LogP contribution >= 0.6 is 92.8 Å². The maximum Gasteiger partial charge on any atom is 0.194 e. The van der Waals surface area contributed by atoms with E-state index in [4.69, 9.17) is 126 Å². The van der Waals surface area contributed by atoms with Crippen molar-refractivity contribution in [2.24, 2.45) is 37.9 Å². The van der Waals surface area contributed by atoms with Gasteiger partial charge in [0.25, 0.3) is 0 Å². The van der Waals surface area contributed by atoms with Crippen LogP contribution in [0.3, 0.4) is 0 Å². The van der Waals surface area contributed by atoms with E-state index in [-0.39, 0.29) is 23.1 Å². The Balaban J connectivity index is 0.000000354. The Kier molecular flexibility index (Phi) is 57.6. The van der Waals surface area contributed by atoms with Crippen LogP contribution in [-0.2, 0) is 33.2 Å². The average Bonchev–Trinajstić information content (AvgIpc) is 1.60. The number of imidazole rings is 1. The summed E-state index contributed by atoms with van der Waals surface area (Å²) in [4.78, 5) is 59.4. The molecule has 4 aromatic heterocycles. The molecule has 0 fully saturated rings. The minimum absolute atomic E-state index is 0.147. The molecule has 0 amide bonds. The lowest BCUT2D eigenvalue weighted by atomic mass is 9.99. The summed E-state index contributed by atoms with van der Waals surface area (Å²) in [5.74, 6) is -0.667. The summed E-state index contributed by atoms with van der Waals surface area (Å²) >= 11 is 48.1. The molecular formula is C119H154Cl8N10O11. The number of benzene rings is 10. The van der Waals surface area contributed by atoms with Crippen LogP contribution in [0.1, 0.15) is 258 Å². The molecule has 29 heteroatoms. The Labute approximate surface area is 920 Å². The van der Waals surface area contributed by atoms with Crippen LogP contribution < -0.4 is 0 Å². The van der Waals surface area contributed by atoms with E-state index in [1.54, 1.807) is 157 Å². The first-order valence-corrected chi connectivity index (χ1v) is 52.5. The molecule has 4 heterocycles. The molecule has 21 nitrogen and oxygen atoms in total. The molecule has 0 radical (unpaired) electrons. The van der Waals surface area contributed by atoms with E-state index >= 15 is 0 Å². The van der Waals surface area contributed by atoms with E-state index in [1.165, 1.54) is 28.2 Å². The lowest BCUT2D eigenvalue weighted by Crippen LogP contribution is -2.14. The van der Waals surface area contributed by atoms with Gasteiger partial charge in [-0.05, 0) is 274 Å². The summed E-state index contributed by atoms with van der Waals surface area (Å²) in [5, 5.41) is 21.2. The summed E-state index contributed by atoms with van der Waals surface area (Å²) in [7, 11) is 0. The number of ether oxygens (including phenoxy) is 7. The van der Waals surface area contributed by atoms with Crippen molar-refractivity contribution in [3.63, 3.8) is 0 Å². The number of nitrogens with zero attached hydrogens (tertiary/aromatic N) is 10. The van der Waals surface area contributed by atoms with Crippen LogP contribution in [0.2, 0.25) is 40.2 Å². The van der Waals surface area contributed by atoms with Gasteiger partial charge in [0.05, 0.1) is 95.1 Å². The first kappa shape index (κ1) is 130. The third-order valence-corrected chi connectivity index (χ3v) is 21.5. The second-order valence-corrected chi connectivity index (χ2v) is 45.7. The molecule has 0 aliphatic rings. The highest BCUT2D eigenvalue weighted by molar-refractivity contribution is 6.39. The fourth-order valence-corrected chi connectivity index (χ4v) is 14.0. The number of halogens is 8. The molecule has 0 aliphatic heterocycles. The Morgan fingerprint density at radius 2 is 0.547 bits per heavy atom. The lowest BCUT2D eigenvalue weighted by molar-refractivity contribution is 0.0805. The van der Waals surface area contributed by atoms with Crippen LogP contribution in [0.5, 0.6) is 0 Å². The van der Waals surface area contributed by atoms with Crippen molar-refractivity contribution >= 4 is 138 Å². The first-order valence-electron chi connectivity index (χ1n) is 49.5. The Morgan fingerprint density at radius 3 is 0.777 bits per heavy atom. The SMILES string of the molecule is CCOCC(C)(C)C.CCOCC(C)(C)C.CCOCC(C)(C)C.CCOCC(C)(C)C.CCOCC(C)(C)C.CCOCC(C)(C)C.CCOCC(C)(C)C.O=C(c1ccc(-n2c3ccccc3c3ccccc32)cc1)c1cc(Cl)ccc1Cl.O=C(c1ccc(-n2ccnc2)cc1)c1cc(Cl)ccc1Cl.O=C(c1ccc(-n2cncn2)cc1)c1cc(Cl)ccc1Cl.O=C(c1ccc(-n2ncnn2)cc1)c1cc(Cl)ccc1Cl. The van der Waals surface area contributed by atoms with E-state index in [2.05, 4.69) is 217 Å². The van der Waals surface area contributed by atoms with E-state index in [1.807, 2.05) is 108 Å². The number of rotatable bonds is 26. The van der Waals surface area contributed by atoms with Crippen molar-refractivity contribution in [2.75, 3.05) is 92.5 Å². The second-order valence-electron chi connectivity index (χ2n) is 42.3. The van der Waals surface area contributed by atoms with Gasteiger partial charge in [-0.1, -0.05) is 275 Å². The van der Waals surface area contributed by atoms with Crippen LogP contribution in [-0.4, -0.2) is 165 Å². The summed E-state index contributed by atoms with van der Waals surface area (Å²) in [5.41, 5.74) is 11.8. The number of hydrogen-bond acceptors (Lipinski definition) is 17. The van der Waals surface area contributed by atoms with Gasteiger partial charge in [-0.25, -0.2) is 14.6 Å². The lowest BCUT2D eigenvalue weighted by Gasteiger charge is -2.16. The minimum Gasteiger partial charge on any atom is -0.381 e. The molecule has 0 bridgehead atoms. The van der Waals surface area contributed by atoms with Crippen LogP contribution in [0.4, 0.5) is 0 Å². The fourth-order valence-electron chi connectivity index (χ4n) is 12.5. The predicted octanol–water partition coefficient (Wildman–Crippen LogP) is 33.2. The molecule has 14 aromatic rings. The summed E-state index contributed by atoms with van der Waals surface area (Å²) in [6.45, 7) is 71.6. The van der Waals surface area contributed by atoms with Gasteiger partial charge in [0.2, 0.25) is 0 Å². The standard InChI is InChI=1S/C25H15Cl2NO.C16H10Cl2N2O.C15H9Cl2N3O.C14H8Cl2N4O.7C7H16O/c26-17-11-14-22(27)21(15-17)25(29)16-9-12-18(13-10-16)28-23-7-3-1-5-19(23)20-6-2-4-8-24(20)28;17-12-3-6-15(18)14(9-12)16(21)11-1-4-13(5-2-11)20-8-7-19-10-20;16-11-3-6-14(17)13(7-11)15(21)10-1-4-12(5-2-10)20-9-18-8-19-20;15-10-3-6-13(16)12(7-10)14(21)9-1-4-11(5-2-9)20-18-8-17-19-20;7*1-5-8-6-7(2,3)4/h1-15H;1-10H;1-9H;1-8H;7*5-6H2,1-4H3. The average molecular weight is 2180 g/mol. The number of carbonyl (C=O) groups excluding carboxylic acids is 4. The predicted molar refractivity (Wildman–Crippen MR) is 616 cm³/mol. The van der Waals surface area contributed by atoms with Gasteiger partial charge >= 0.3 is 0 Å². The highest BCUT2D eigenvalue weighted by Crippen LogP contribution is 2.35. The van der Waals surface area contributed by atoms with Crippen molar-refractivity contribution in [1.29, 1.82) is 0 Å². The third-order valence-electron chi connectivity index (χ3n) is 19.3. The smallest absolute Gasteiger partial charge is 0.194 e. The zero-order chi connectivity index (χ0) is 111. The maximum absolute atomic E-state index is 12.9.